The van der Waals surface area contributed by atoms with Gasteiger partial charge in [-0.15, -0.1) is 0 Å². The van der Waals surface area contributed by atoms with Gasteiger partial charge in [0.1, 0.15) is 0 Å². The van der Waals surface area contributed by atoms with Gasteiger partial charge in [-0.2, -0.15) is 0 Å². The third kappa shape index (κ3) is 2.19. The van der Waals surface area contributed by atoms with Crippen LogP contribution in [-0.4, -0.2) is 37.9 Å². The van der Waals surface area contributed by atoms with Crippen molar-refractivity contribution in [2.24, 2.45) is 11.8 Å². The average Bonchev–Trinajstić information content (AvgIpc) is 2.17. The highest BCUT2D eigenvalue weighted by Crippen LogP contribution is 2.16. The second-order valence-electron chi connectivity index (χ2n) is 3.16. The van der Waals surface area contributed by atoms with Gasteiger partial charge in [-0.25, -0.2) is 0 Å². The zero-order valence-electron chi connectivity index (χ0n) is 7.25. The Bertz CT molecular complexity index is 160. The molecule has 1 aliphatic heterocycles. The van der Waals surface area contributed by atoms with Gasteiger partial charge in [-0.05, 0) is 12.3 Å². The van der Waals surface area contributed by atoms with Gasteiger partial charge in [0.25, 0.3) is 0 Å². The van der Waals surface area contributed by atoms with Gasteiger partial charge in [0.2, 0.25) is 0 Å². The number of hydrogen-bond acceptors (Lipinski definition) is 4. The highest BCUT2D eigenvalue weighted by Gasteiger charge is 2.26. The predicted octanol–water partition coefficient (Wildman–Crippen LogP) is -0.623. The first-order valence-corrected chi connectivity index (χ1v) is 4.17. The molecule has 0 saturated carbocycles. The van der Waals surface area contributed by atoms with Crippen LogP contribution >= 0.6 is 0 Å². The number of esters is 1. The summed E-state index contributed by atoms with van der Waals surface area (Å²) < 4.78 is 4.62. The van der Waals surface area contributed by atoms with Gasteiger partial charge in [0, 0.05) is 19.7 Å². The second-order valence-corrected chi connectivity index (χ2v) is 3.16. The van der Waals surface area contributed by atoms with E-state index in [0.29, 0.717) is 6.54 Å². The lowest BCUT2D eigenvalue weighted by molar-refractivity contribution is -0.146. The molecule has 0 bridgehead atoms. The molecule has 2 atom stereocenters. The maximum absolute atomic E-state index is 11.1. The largest absolute Gasteiger partial charge is 0.469 e. The van der Waals surface area contributed by atoms with Gasteiger partial charge < -0.3 is 15.2 Å². The smallest absolute Gasteiger partial charge is 0.309 e. The minimum Gasteiger partial charge on any atom is -0.469 e. The standard InChI is InChI=1S/C8H15NO3/c1-12-8(11)7-2-6(5-10)3-9-4-7/h6-7,9-10H,2-5H2,1H3. The van der Waals surface area contributed by atoms with Crippen LogP contribution in [0.4, 0.5) is 0 Å². The number of ether oxygens (including phenoxy) is 1. The molecule has 4 heteroatoms. The van der Waals surface area contributed by atoms with Crippen molar-refractivity contribution in [2.75, 3.05) is 26.8 Å². The van der Waals surface area contributed by atoms with E-state index in [1.54, 1.807) is 0 Å². The molecule has 12 heavy (non-hydrogen) atoms. The summed E-state index contributed by atoms with van der Waals surface area (Å²) in [4.78, 5) is 11.1. The molecule has 0 aromatic carbocycles. The number of carbonyl (C=O) groups is 1. The van der Waals surface area contributed by atoms with Crippen molar-refractivity contribution in [1.29, 1.82) is 0 Å². The summed E-state index contributed by atoms with van der Waals surface area (Å²) in [6.07, 6.45) is 0.732. The Morgan fingerprint density at radius 2 is 2.42 bits per heavy atom. The van der Waals surface area contributed by atoms with Crippen LogP contribution < -0.4 is 5.32 Å². The second kappa shape index (κ2) is 4.42. The first kappa shape index (κ1) is 9.48. The van der Waals surface area contributed by atoms with Crippen LogP contribution in [0.3, 0.4) is 0 Å². The van der Waals surface area contributed by atoms with Crippen molar-refractivity contribution in [2.45, 2.75) is 6.42 Å². The highest BCUT2D eigenvalue weighted by molar-refractivity contribution is 5.72. The average molecular weight is 173 g/mol. The number of hydrogen-bond donors (Lipinski definition) is 2. The summed E-state index contributed by atoms with van der Waals surface area (Å²) >= 11 is 0. The molecule has 0 aromatic rings. The van der Waals surface area contributed by atoms with Crippen molar-refractivity contribution in [3.63, 3.8) is 0 Å². The Labute approximate surface area is 71.9 Å². The van der Waals surface area contributed by atoms with Crippen LogP contribution in [0.15, 0.2) is 0 Å². The molecule has 1 aliphatic rings. The van der Waals surface area contributed by atoms with Crippen LogP contribution in [0.25, 0.3) is 0 Å². The molecule has 2 unspecified atom stereocenters. The van der Waals surface area contributed by atoms with E-state index >= 15 is 0 Å². The molecule has 0 spiro atoms. The van der Waals surface area contributed by atoms with Crippen molar-refractivity contribution >= 4 is 5.97 Å². The molecular formula is C8H15NO3. The number of methoxy groups -OCH3 is 1. The quantitative estimate of drug-likeness (QED) is 0.546. The van der Waals surface area contributed by atoms with Gasteiger partial charge >= 0.3 is 5.97 Å². The third-order valence-corrected chi connectivity index (χ3v) is 2.23. The normalized spacial score (nSPS) is 29.8. The maximum atomic E-state index is 11.1. The van der Waals surface area contributed by atoms with Gasteiger partial charge in [-0.3, -0.25) is 4.79 Å². The van der Waals surface area contributed by atoms with Gasteiger partial charge in [-0.1, -0.05) is 0 Å². The molecule has 0 aromatic heterocycles. The Morgan fingerprint density at radius 3 is 3.00 bits per heavy atom. The molecule has 2 N–H and O–H groups in total. The summed E-state index contributed by atoms with van der Waals surface area (Å²) in [6, 6.07) is 0. The molecular weight excluding hydrogens is 158 g/mol. The number of aliphatic hydroxyl groups is 1. The Kier molecular flexibility index (Phi) is 3.49. The first-order valence-electron chi connectivity index (χ1n) is 4.17. The van der Waals surface area contributed by atoms with Crippen LogP contribution in [-0.2, 0) is 9.53 Å². The van der Waals surface area contributed by atoms with Crippen LogP contribution in [0.2, 0.25) is 0 Å². The zero-order chi connectivity index (χ0) is 8.97. The van der Waals surface area contributed by atoms with E-state index in [0.717, 1.165) is 13.0 Å². The topological polar surface area (TPSA) is 58.6 Å². The van der Waals surface area contributed by atoms with Gasteiger partial charge in [0.05, 0.1) is 13.0 Å². The molecule has 1 rings (SSSR count). The van der Waals surface area contributed by atoms with E-state index in [4.69, 9.17) is 5.11 Å². The van der Waals surface area contributed by atoms with Crippen LogP contribution in [0, 0.1) is 11.8 Å². The molecule has 0 radical (unpaired) electrons. The predicted molar refractivity (Wildman–Crippen MR) is 43.6 cm³/mol. The summed E-state index contributed by atoms with van der Waals surface area (Å²) in [5.41, 5.74) is 0. The summed E-state index contributed by atoms with van der Waals surface area (Å²) in [5.74, 6) is -0.0654. The highest BCUT2D eigenvalue weighted by atomic mass is 16.5. The van der Waals surface area contributed by atoms with E-state index in [-0.39, 0.29) is 24.4 Å². The molecule has 4 nitrogen and oxygen atoms in total. The minimum absolute atomic E-state index is 0.0825. The third-order valence-electron chi connectivity index (χ3n) is 2.23. The molecule has 1 saturated heterocycles. The minimum atomic E-state index is -0.180. The number of carbonyl (C=O) groups excluding carboxylic acids is 1. The van der Waals surface area contributed by atoms with Gasteiger partial charge in [0.15, 0.2) is 0 Å². The Hall–Kier alpha value is -0.610. The summed E-state index contributed by atoms with van der Waals surface area (Å²) in [5, 5.41) is 12.0. The fourth-order valence-corrected chi connectivity index (χ4v) is 1.52. The van der Waals surface area contributed by atoms with Crippen molar-refractivity contribution in [1.82, 2.24) is 5.32 Å². The number of piperidine rings is 1. The number of nitrogens with one attached hydrogen (secondary N) is 1. The monoisotopic (exact) mass is 173 g/mol. The van der Waals surface area contributed by atoms with E-state index in [1.807, 2.05) is 0 Å². The zero-order valence-corrected chi connectivity index (χ0v) is 7.25. The fourth-order valence-electron chi connectivity index (χ4n) is 1.52. The maximum Gasteiger partial charge on any atom is 0.309 e. The Balaban J connectivity index is 2.40. The van der Waals surface area contributed by atoms with Crippen LogP contribution in [0.5, 0.6) is 0 Å². The summed E-state index contributed by atoms with van der Waals surface area (Å²) in [6.45, 7) is 1.60. The van der Waals surface area contributed by atoms with Crippen molar-refractivity contribution < 1.29 is 14.6 Å². The first-order chi connectivity index (χ1) is 5.77. The SMILES string of the molecule is COC(=O)C1CNCC(CO)C1. The van der Waals surface area contributed by atoms with E-state index < -0.39 is 0 Å². The number of rotatable bonds is 2. The van der Waals surface area contributed by atoms with Crippen molar-refractivity contribution in [3.8, 4) is 0 Å². The Morgan fingerprint density at radius 1 is 1.67 bits per heavy atom. The molecule has 1 fully saturated rings. The number of aliphatic hydroxyl groups excluding tert-OH is 1. The van der Waals surface area contributed by atoms with E-state index in [1.165, 1.54) is 7.11 Å². The fraction of sp³-hybridized carbons (Fsp3) is 0.875. The van der Waals surface area contributed by atoms with Crippen LogP contribution in [0.1, 0.15) is 6.42 Å². The van der Waals surface area contributed by atoms with E-state index in [2.05, 4.69) is 10.1 Å². The molecule has 70 valence electrons. The molecule has 0 amide bonds. The van der Waals surface area contributed by atoms with Crippen molar-refractivity contribution in [3.05, 3.63) is 0 Å². The lowest BCUT2D eigenvalue weighted by atomic mass is 9.91. The lowest BCUT2D eigenvalue weighted by Gasteiger charge is -2.26. The van der Waals surface area contributed by atoms with E-state index in [9.17, 15) is 4.79 Å². The molecule has 1 heterocycles. The summed E-state index contributed by atoms with van der Waals surface area (Å²) in [7, 11) is 1.39. The molecule has 0 aliphatic carbocycles. The lowest BCUT2D eigenvalue weighted by Crippen LogP contribution is -2.41.